The molecule has 2 aromatic rings. The van der Waals surface area contributed by atoms with Crippen molar-refractivity contribution >= 4 is 22.9 Å². The van der Waals surface area contributed by atoms with Crippen molar-refractivity contribution < 1.29 is 0 Å². The van der Waals surface area contributed by atoms with E-state index in [1.807, 2.05) is 11.4 Å². The van der Waals surface area contributed by atoms with Gasteiger partial charge in [0.1, 0.15) is 11.2 Å². The normalized spacial score (nSPS) is 10.0. The van der Waals surface area contributed by atoms with Crippen LogP contribution in [0.25, 0.3) is 9.88 Å². The zero-order valence-corrected chi connectivity index (χ0v) is 6.58. The van der Waals surface area contributed by atoms with Crippen molar-refractivity contribution in [3.8, 4) is 9.88 Å². The van der Waals surface area contributed by atoms with E-state index < -0.39 is 0 Å². The molecule has 0 N–H and O–H groups in total. The molecule has 0 aromatic carbocycles. The number of hydrogen-bond donors (Lipinski definition) is 0. The van der Waals surface area contributed by atoms with E-state index >= 15 is 0 Å². The average Bonchev–Trinajstić information content (AvgIpc) is 2.59. The van der Waals surface area contributed by atoms with Gasteiger partial charge in [-0.2, -0.15) is 4.37 Å². The Labute approximate surface area is 66.3 Å². The van der Waals surface area contributed by atoms with Crippen LogP contribution in [0.1, 0.15) is 0 Å². The maximum absolute atomic E-state index is 4.13. The summed E-state index contributed by atoms with van der Waals surface area (Å²) in [5.74, 6) is 0. The first-order chi connectivity index (χ1) is 4.97. The maximum atomic E-state index is 4.13. The minimum Gasteiger partial charge on any atom is -0.244 e. The van der Waals surface area contributed by atoms with Crippen LogP contribution in [0, 0.1) is 6.20 Å². The summed E-state index contributed by atoms with van der Waals surface area (Å²) in [4.78, 5) is 5.22. The lowest BCUT2D eigenvalue weighted by Crippen LogP contribution is -1.63. The highest BCUT2D eigenvalue weighted by Gasteiger charge is 1.99. The summed E-state index contributed by atoms with van der Waals surface area (Å²) >= 11 is 3.04. The first-order valence-electron chi connectivity index (χ1n) is 2.69. The molecule has 0 aliphatic carbocycles. The summed E-state index contributed by atoms with van der Waals surface area (Å²) in [5.41, 5.74) is 0. The Morgan fingerprint density at radius 3 is 3.10 bits per heavy atom. The third kappa shape index (κ3) is 0.955. The molecule has 0 fully saturated rings. The van der Waals surface area contributed by atoms with Gasteiger partial charge in [-0.3, -0.25) is 0 Å². The fourth-order valence-corrected chi connectivity index (χ4v) is 1.88. The molecule has 10 heavy (non-hydrogen) atoms. The molecule has 0 bridgehead atoms. The molecule has 2 rings (SSSR count). The topological polar surface area (TPSA) is 25.8 Å². The molecule has 0 saturated carbocycles. The van der Waals surface area contributed by atoms with Crippen LogP contribution in [0.15, 0.2) is 17.6 Å². The number of thiazole rings is 1. The van der Waals surface area contributed by atoms with Crippen LogP contribution in [-0.4, -0.2) is 9.36 Å². The Kier molecular flexibility index (Phi) is 1.49. The lowest BCUT2D eigenvalue weighted by molar-refractivity contribution is 1.43. The fraction of sp³-hybridized carbons (Fsp3) is 0. The van der Waals surface area contributed by atoms with E-state index in [2.05, 4.69) is 15.6 Å². The molecule has 0 spiro atoms. The second-order valence-electron chi connectivity index (χ2n) is 1.66. The van der Waals surface area contributed by atoms with E-state index in [0.717, 1.165) is 9.88 Å². The summed E-state index contributed by atoms with van der Waals surface area (Å²) in [6.45, 7) is 0. The molecule has 0 amide bonds. The SMILES string of the molecule is [c]1cc(-c2nccs2)sn1. The molecule has 0 aliphatic heterocycles. The predicted octanol–water partition coefficient (Wildman–Crippen LogP) is 2.07. The molecule has 49 valence electrons. The van der Waals surface area contributed by atoms with Crippen molar-refractivity contribution in [1.29, 1.82) is 0 Å². The first-order valence-corrected chi connectivity index (χ1v) is 4.35. The van der Waals surface area contributed by atoms with Crippen molar-refractivity contribution in [2.75, 3.05) is 0 Å². The predicted molar refractivity (Wildman–Crippen MR) is 42.1 cm³/mol. The number of hydrogen-bond acceptors (Lipinski definition) is 4. The highest BCUT2D eigenvalue weighted by molar-refractivity contribution is 7.18. The number of aromatic nitrogens is 2. The van der Waals surface area contributed by atoms with Gasteiger partial charge in [-0.25, -0.2) is 4.98 Å². The highest BCUT2D eigenvalue weighted by atomic mass is 32.1. The Morgan fingerprint density at radius 1 is 1.50 bits per heavy atom. The van der Waals surface area contributed by atoms with E-state index in [4.69, 9.17) is 0 Å². The smallest absolute Gasteiger partial charge is 0.134 e. The minimum atomic E-state index is 1.03. The van der Waals surface area contributed by atoms with Gasteiger partial charge in [0.05, 0.1) is 4.88 Å². The van der Waals surface area contributed by atoms with Gasteiger partial charge in [-0.1, -0.05) is 0 Å². The van der Waals surface area contributed by atoms with Gasteiger partial charge in [-0.15, -0.1) is 11.3 Å². The van der Waals surface area contributed by atoms with Gasteiger partial charge < -0.3 is 0 Å². The maximum Gasteiger partial charge on any atom is 0.134 e. The number of nitrogens with zero attached hydrogens (tertiary/aromatic N) is 2. The van der Waals surface area contributed by atoms with E-state index in [1.165, 1.54) is 11.5 Å². The zero-order chi connectivity index (χ0) is 6.81. The number of rotatable bonds is 1. The Balaban J connectivity index is 2.48. The second-order valence-corrected chi connectivity index (χ2v) is 3.36. The van der Waals surface area contributed by atoms with E-state index in [0.29, 0.717) is 0 Å². The van der Waals surface area contributed by atoms with Gasteiger partial charge in [0.2, 0.25) is 0 Å². The van der Waals surface area contributed by atoms with E-state index in [-0.39, 0.29) is 0 Å². The summed E-state index contributed by atoms with van der Waals surface area (Å²) in [6.07, 6.45) is 4.54. The van der Waals surface area contributed by atoms with Crippen LogP contribution < -0.4 is 0 Å². The lowest BCUT2D eigenvalue weighted by Gasteiger charge is -1.81. The first kappa shape index (κ1) is 6.00. The minimum absolute atomic E-state index is 1.03. The molecule has 0 saturated heterocycles. The average molecular weight is 167 g/mol. The van der Waals surface area contributed by atoms with Gasteiger partial charge in [-0.05, 0) is 17.6 Å². The molecule has 0 unspecified atom stereocenters. The third-order valence-electron chi connectivity index (χ3n) is 1.04. The highest BCUT2D eigenvalue weighted by Crippen LogP contribution is 2.23. The Bertz CT molecular complexity index is 253. The molecule has 2 nitrogen and oxygen atoms in total. The Morgan fingerprint density at radius 2 is 2.50 bits per heavy atom. The summed E-state index contributed by atoms with van der Waals surface area (Å²) in [5, 5.41) is 2.98. The molecular formula is C6H3N2S2. The zero-order valence-electron chi connectivity index (χ0n) is 4.94. The lowest BCUT2D eigenvalue weighted by atomic mass is 10.5. The van der Waals surface area contributed by atoms with Crippen LogP contribution in [0.4, 0.5) is 0 Å². The van der Waals surface area contributed by atoms with Gasteiger partial charge in [0.25, 0.3) is 0 Å². The molecule has 1 radical (unpaired) electrons. The van der Waals surface area contributed by atoms with Crippen LogP contribution in [-0.2, 0) is 0 Å². The Hall–Kier alpha value is -0.740. The summed E-state index contributed by atoms with van der Waals surface area (Å²) in [6, 6.07) is 1.85. The van der Waals surface area contributed by atoms with Crippen molar-refractivity contribution in [2.24, 2.45) is 0 Å². The molecule has 4 heteroatoms. The quantitative estimate of drug-likeness (QED) is 0.649. The van der Waals surface area contributed by atoms with Crippen molar-refractivity contribution in [3.05, 3.63) is 23.8 Å². The molecular weight excluding hydrogens is 164 g/mol. The standard InChI is InChI=1S/C6H3N2S2/c1-2-8-10-5(1)6-7-3-4-9-6/h1,3-4H. The van der Waals surface area contributed by atoms with Gasteiger partial charge in [0.15, 0.2) is 0 Å². The van der Waals surface area contributed by atoms with Crippen LogP contribution >= 0.6 is 22.9 Å². The van der Waals surface area contributed by atoms with E-state index in [1.54, 1.807) is 17.5 Å². The van der Waals surface area contributed by atoms with Crippen molar-refractivity contribution in [2.45, 2.75) is 0 Å². The summed E-state index contributed by atoms with van der Waals surface area (Å²) in [7, 11) is 0. The van der Waals surface area contributed by atoms with Crippen molar-refractivity contribution in [1.82, 2.24) is 9.36 Å². The van der Waals surface area contributed by atoms with Crippen LogP contribution in [0.2, 0.25) is 0 Å². The third-order valence-corrected chi connectivity index (χ3v) is 2.68. The monoisotopic (exact) mass is 167 g/mol. The van der Waals surface area contributed by atoms with Gasteiger partial charge in [0, 0.05) is 11.6 Å². The van der Waals surface area contributed by atoms with E-state index in [9.17, 15) is 0 Å². The second kappa shape index (κ2) is 2.48. The van der Waals surface area contributed by atoms with Gasteiger partial charge >= 0.3 is 0 Å². The molecule has 0 aliphatic rings. The van der Waals surface area contributed by atoms with Crippen molar-refractivity contribution in [3.63, 3.8) is 0 Å². The van der Waals surface area contributed by atoms with Crippen LogP contribution in [0.5, 0.6) is 0 Å². The molecule has 2 aromatic heterocycles. The summed E-state index contributed by atoms with van der Waals surface area (Å²) < 4.78 is 3.86. The largest absolute Gasteiger partial charge is 0.244 e. The fourth-order valence-electron chi connectivity index (χ4n) is 0.633. The molecule has 0 atom stereocenters. The van der Waals surface area contributed by atoms with Crippen LogP contribution in [0.3, 0.4) is 0 Å². The molecule has 2 heterocycles.